The highest BCUT2D eigenvalue weighted by atomic mass is 16.5. The van der Waals surface area contributed by atoms with E-state index in [1.54, 1.807) is 13.0 Å². The Labute approximate surface area is 122 Å². The Hall–Kier alpha value is -2.10. The molecule has 1 aliphatic heterocycles. The first-order chi connectivity index (χ1) is 10.2. The van der Waals surface area contributed by atoms with Gasteiger partial charge in [0.1, 0.15) is 11.2 Å². The summed E-state index contributed by atoms with van der Waals surface area (Å²) in [6.45, 7) is 2.11. The number of benzene rings is 1. The van der Waals surface area contributed by atoms with Crippen molar-refractivity contribution in [1.82, 2.24) is 0 Å². The van der Waals surface area contributed by atoms with Crippen LogP contribution in [0, 0.1) is 17.8 Å². The van der Waals surface area contributed by atoms with Crippen molar-refractivity contribution < 1.29 is 19.1 Å². The van der Waals surface area contributed by atoms with Crippen molar-refractivity contribution in [2.45, 2.75) is 18.8 Å². The second kappa shape index (κ2) is 4.20. The van der Waals surface area contributed by atoms with Crippen molar-refractivity contribution in [1.29, 1.82) is 0 Å². The summed E-state index contributed by atoms with van der Waals surface area (Å²) in [5.74, 6) is -0.399. The van der Waals surface area contributed by atoms with E-state index in [1.165, 1.54) is 0 Å². The summed E-state index contributed by atoms with van der Waals surface area (Å²) in [6.07, 6.45) is 4.92. The third kappa shape index (κ3) is 1.40. The maximum absolute atomic E-state index is 12.7. The molecule has 0 amide bonds. The lowest BCUT2D eigenvalue weighted by atomic mass is 9.65. The summed E-state index contributed by atoms with van der Waals surface area (Å²) in [6, 6.07) is 7.43. The number of para-hydroxylation sites is 1. The van der Waals surface area contributed by atoms with E-state index in [2.05, 4.69) is 6.08 Å². The Morgan fingerprint density at radius 3 is 3.00 bits per heavy atom. The molecule has 1 aromatic rings. The van der Waals surface area contributed by atoms with Gasteiger partial charge >= 0.3 is 11.9 Å². The molecule has 4 nitrogen and oxygen atoms in total. The number of carbonyl (C=O) groups is 2. The first-order valence-electron chi connectivity index (χ1n) is 7.36. The monoisotopic (exact) mass is 284 g/mol. The SMILES string of the molecule is CCOC(=O)[C@@H]1[C@@H]2C=C[C@@H](C2)[C@@]12C(=O)Oc1ccccc12. The molecule has 0 saturated heterocycles. The molecule has 0 unspecified atom stereocenters. The van der Waals surface area contributed by atoms with Crippen LogP contribution in [0.15, 0.2) is 36.4 Å². The number of carbonyl (C=O) groups excluding carboxylic acids is 2. The van der Waals surface area contributed by atoms with E-state index in [-0.39, 0.29) is 23.8 Å². The summed E-state index contributed by atoms with van der Waals surface area (Å²) in [5, 5.41) is 0. The van der Waals surface area contributed by atoms with E-state index in [4.69, 9.17) is 9.47 Å². The Balaban J connectivity index is 1.90. The van der Waals surface area contributed by atoms with Gasteiger partial charge < -0.3 is 9.47 Å². The Morgan fingerprint density at radius 1 is 1.38 bits per heavy atom. The smallest absolute Gasteiger partial charge is 0.323 e. The molecule has 1 fully saturated rings. The van der Waals surface area contributed by atoms with Gasteiger partial charge in [0, 0.05) is 5.56 Å². The molecule has 1 spiro atoms. The van der Waals surface area contributed by atoms with E-state index in [0.717, 1.165) is 12.0 Å². The number of allylic oxidation sites excluding steroid dienone is 2. The van der Waals surface area contributed by atoms with Crippen molar-refractivity contribution >= 4 is 11.9 Å². The predicted octanol–water partition coefficient (Wildman–Crippen LogP) is 2.23. The summed E-state index contributed by atoms with van der Waals surface area (Å²) in [7, 11) is 0. The minimum absolute atomic E-state index is 0.0213. The summed E-state index contributed by atoms with van der Waals surface area (Å²) < 4.78 is 10.7. The average molecular weight is 284 g/mol. The van der Waals surface area contributed by atoms with Gasteiger partial charge in [0.05, 0.1) is 12.5 Å². The van der Waals surface area contributed by atoms with Crippen LogP contribution in [-0.4, -0.2) is 18.5 Å². The normalized spacial score (nSPS) is 35.1. The highest BCUT2D eigenvalue weighted by Gasteiger charge is 2.68. The topological polar surface area (TPSA) is 52.6 Å². The van der Waals surface area contributed by atoms with Gasteiger partial charge in [-0.15, -0.1) is 0 Å². The molecule has 1 aromatic carbocycles. The lowest BCUT2D eigenvalue weighted by Gasteiger charge is -2.34. The average Bonchev–Trinajstić information content (AvgIpc) is 3.13. The zero-order valence-corrected chi connectivity index (χ0v) is 11.7. The van der Waals surface area contributed by atoms with Gasteiger partial charge in [-0.2, -0.15) is 0 Å². The van der Waals surface area contributed by atoms with Crippen molar-refractivity contribution in [3.05, 3.63) is 42.0 Å². The number of esters is 2. The van der Waals surface area contributed by atoms with Crippen LogP contribution in [0.2, 0.25) is 0 Å². The fourth-order valence-electron chi connectivity index (χ4n) is 4.31. The molecule has 0 N–H and O–H groups in total. The minimum atomic E-state index is -0.887. The first-order valence-corrected chi connectivity index (χ1v) is 7.36. The zero-order chi connectivity index (χ0) is 14.6. The van der Waals surface area contributed by atoms with Gasteiger partial charge in [-0.1, -0.05) is 30.4 Å². The number of hydrogen-bond donors (Lipinski definition) is 0. The van der Waals surface area contributed by atoms with Crippen LogP contribution in [0.4, 0.5) is 0 Å². The molecule has 0 radical (unpaired) electrons. The Bertz CT molecular complexity index is 663. The predicted molar refractivity (Wildman–Crippen MR) is 74.6 cm³/mol. The minimum Gasteiger partial charge on any atom is -0.466 e. The van der Waals surface area contributed by atoms with E-state index < -0.39 is 11.3 Å². The molecule has 4 atom stereocenters. The standard InChI is InChI=1S/C17H16O4/c1-2-20-15(18)14-10-7-8-11(9-10)17(14)12-5-3-4-6-13(12)21-16(17)19/h3-8,10-11,14H,2,9H2,1H3/t10-,11+,14+,17+/m1/s1. The maximum Gasteiger partial charge on any atom is 0.323 e. The molecule has 0 aromatic heterocycles. The largest absolute Gasteiger partial charge is 0.466 e. The summed E-state index contributed by atoms with van der Waals surface area (Å²) in [4.78, 5) is 25.2. The van der Waals surface area contributed by atoms with E-state index in [1.807, 2.05) is 24.3 Å². The molecule has 4 rings (SSSR count). The Morgan fingerprint density at radius 2 is 2.19 bits per heavy atom. The van der Waals surface area contributed by atoms with Crippen molar-refractivity contribution in [3.63, 3.8) is 0 Å². The lowest BCUT2D eigenvalue weighted by molar-refractivity contribution is -0.157. The van der Waals surface area contributed by atoms with Gasteiger partial charge in [-0.05, 0) is 31.2 Å². The van der Waals surface area contributed by atoms with Crippen LogP contribution >= 0.6 is 0 Å². The number of hydrogen-bond acceptors (Lipinski definition) is 4. The molecule has 1 heterocycles. The van der Waals surface area contributed by atoms with E-state index in [9.17, 15) is 9.59 Å². The number of fused-ring (bicyclic) bond motifs is 5. The molecular weight excluding hydrogens is 268 g/mol. The second-order valence-electron chi connectivity index (χ2n) is 5.88. The van der Waals surface area contributed by atoms with Crippen molar-refractivity contribution in [3.8, 4) is 5.75 Å². The second-order valence-corrected chi connectivity index (χ2v) is 5.88. The van der Waals surface area contributed by atoms with Crippen LogP contribution in [0.3, 0.4) is 0 Å². The molecule has 2 aliphatic carbocycles. The van der Waals surface area contributed by atoms with Gasteiger partial charge in [0.25, 0.3) is 0 Å². The molecule has 1 saturated carbocycles. The van der Waals surface area contributed by atoms with Crippen LogP contribution in [-0.2, 0) is 19.7 Å². The van der Waals surface area contributed by atoms with Crippen LogP contribution < -0.4 is 4.74 Å². The van der Waals surface area contributed by atoms with Crippen LogP contribution in [0.25, 0.3) is 0 Å². The molecule has 108 valence electrons. The quantitative estimate of drug-likeness (QED) is 0.475. The fraction of sp³-hybridized carbons (Fsp3) is 0.412. The molecule has 4 heteroatoms. The van der Waals surface area contributed by atoms with Gasteiger partial charge in [-0.25, -0.2) is 0 Å². The molecule has 2 bridgehead atoms. The highest BCUT2D eigenvalue weighted by molar-refractivity contribution is 5.97. The number of rotatable bonds is 2. The molecule has 21 heavy (non-hydrogen) atoms. The van der Waals surface area contributed by atoms with Gasteiger partial charge in [0.15, 0.2) is 0 Å². The molecular formula is C17H16O4. The maximum atomic E-state index is 12.7. The van der Waals surface area contributed by atoms with Crippen LogP contribution in [0.1, 0.15) is 18.9 Å². The Kier molecular flexibility index (Phi) is 2.52. The zero-order valence-electron chi connectivity index (χ0n) is 11.7. The van der Waals surface area contributed by atoms with Gasteiger partial charge in [-0.3, -0.25) is 9.59 Å². The van der Waals surface area contributed by atoms with Crippen molar-refractivity contribution in [2.24, 2.45) is 17.8 Å². The van der Waals surface area contributed by atoms with Crippen molar-refractivity contribution in [2.75, 3.05) is 6.61 Å². The summed E-state index contributed by atoms with van der Waals surface area (Å²) >= 11 is 0. The fourth-order valence-corrected chi connectivity index (χ4v) is 4.31. The van der Waals surface area contributed by atoms with E-state index >= 15 is 0 Å². The highest BCUT2D eigenvalue weighted by Crippen LogP contribution is 2.62. The third-order valence-electron chi connectivity index (χ3n) is 5.03. The third-order valence-corrected chi connectivity index (χ3v) is 5.03. The van der Waals surface area contributed by atoms with E-state index in [0.29, 0.717) is 12.4 Å². The first kappa shape index (κ1) is 12.6. The lowest BCUT2D eigenvalue weighted by Crippen LogP contribution is -2.48. The summed E-state index contributed by atoms with van der Waals surface area (Å²) in [5.41, 5.74) is -0.0488. The molecule has 3 aliphatic rings. The van der Waals surface area contributed by atoms with Gasteiger partial charge in [0.2, 0.25) is 0 Å². The number of ether oxygens (including phenoxy) is 2. The van der Waals surface area contributed by atoms with Crippen LogP contribution in [0.5, 0.6) is 5.75 Å².